The van der Waals surface area contributed by atoms with Crippen molar-refractivity contribution in [2.45, 2.75) is 40.0 Å². The Balaban J connectivity index is 1.51. The number of pyridine rings is 1. The molecule has 6 nitrogen and oxygen atoms in total. The highest BCUT2D eigenvalue weighted by Gasteiger charge is 2.29. The van der Waals surface area contributed by atoms with E-state index in [2.05, 4.69) is 26.0 Å². The molecule has 29 heavy (non-hydrogen) atoms. The molecule has 3 heterocycles. The van der Waals surface area contributed by atoms with E-state index in [0.717, 1.165) is 33.3 Å². The molecule has 0 saturated carbocycles. The molecule has 1 atom stereocenters. The van der Waals surface area contributed by atoms with Crippen molar-refractivity contribution in [1.29, 1.82) is 0 Å². The molecular weight excluding hydrogens is 368 g/mol. The van der Waals surface area contributed by atoms with E-state index in [0.29, 0.717) is 24.7 Å². The zero-order chi connectivity index (χ0) is 20.1. The number of hydrogen-bond acceptors (Lipinski definition) is 5. The first-order valence-electron chi connectivity index (χ1n) is 9.73. The van der Waals surface area contributed by atoms with Crippen LogP contribution in [0.4, 0.5) is 0 Å². The number of fused-ring (bicyclic) bond motifs is 3. The standard InChI is InChI=1S/C23H22N2O4/c1-13-6-14(2)18-9-17-11-25(10-16-4-5-20-21(8-16)28-12-27-20)23(26)15(3)29-22(17)24-19(18)7-13/h4-9,15H,10-12H2,1-3H3/t15-/m1/s1. The zero-order valence-electron chi connectivity index (χ0n) is 16.7. The van der Waals surface area contributed by atoms with Crippen LogP contribution in [-0.2, 0) is 17.9 Å². The summed E-state index contributed by atoms with van der Waals surface area (Å²) in [6.45, 7) is 7.06. The number of nitrogens with zero attached hydrogens (tertiary/aromatic N) is 2. The number of rotatable bonds is 2. The van der Waals surface area contributed by atoms with Gasteiger partial charge >= 0.3 is 0 Å². The molecule has 0 bridgehead atoms. The molecule has 6 heteroatoms. The van der Waals surface area contributed by atoms with Crippen molar-refractivity contribution >= 4 is 16.8 Å². The van der Waals surface area contributed by atoms with Gasteiger partial charge in [-0.3, -0.25) is 4.79 Å². The number of ether oxygens (including phenoxy) is 3. The lowest BCUT2D eigenvalue weighted by Gasteiger charge is -2.22. The smallest absolute Gasteiger partial charge is 0.264 e. The first-order chi connectivity index (χ1) is 14.0. The van der Waals surface area contributed by atoms with Crippen molar-refractivity contribution in [2.24, 2.45) is 0 Å². The maximum absolute atomic E-state index is 13.0. The fourth-order valence-corrected chi connectivity index (χ4v) is 4.02. The Morgan fingerprint density at radius 3 is 2.79 bits per heavy atom. The summed E-state index contributed by atoms with van der Waals surface area (Å²) in [6.07, 6.45) is -0.596. The summed E-state index contributed by atoms with van der Waals surface area (Å²) < 4.78 is 16.8. The van der Waals surface area contributed by atoms with Gasteiger partial charge in [-0.05, 0) is 61.7 Å². The van der Waals surface area contributed by atoms with Gasteiger partial charge in [-0.1, -0.05) is 12.1 Å². The Morgan fingerprint density at radius 1 is 1.10 bits per heavy atom. The average molecular weight is 390 g/mol. The van der Waals surface area contributed by atoms with E-state index in [1.807, 2.05) is 29.2 Å². The first-order valence-corrected chi connectivity index (χ1v) is 9.73. The third-order valence-electron chi connectivity index (χ3n) is 5.44. The molecule has 2 aromatic carbocycles. The normalized spacial score (nSPS) is 17.8. The van der Waals surface area contributed by atoms with Gasteiger partial charge in [0, 0.05) is 17.5 Å². The van der Waals surface area contributed by atoms with Gasteiger partial charge in [0.15, 0.2) is 17.6 Å². The number of hydrogen-bond donors (Lipinski definition) is 0. The van der Waals surface area contributed by atoms with E-state index in [9.17, 15) is 4.79 Å². The second-order valence-electron chi connectivity index (χ2n) is 7.74. The van der Waals surface area contributed by atoms with Gasteiger partial charge in [0.25, 0.3) is 5.91 Å². The van der Waals surface area contributed by atoms with Crippen LogP contribution >= 0.6 is 0 Å². The summed E-state index contributed by atoms with van der Waals surface area (Å²) in [5.41, 5.74) is 5.12. The maximum atomic E-state index is 13.0. The van der Waals surface area contributed by atoms with Crippen LogP contribution < -0.4 is 14.2 Å². The van der Waals surface area contributed by atoms with Gasteiger partial charge in [-0.15, -0.1) is 0 Å². The highest BCUT2D eigenvalue weighted by Crippen LogP contribution is 2.34. The fourth-order valence-electron chi connectivity index (χ4n) is 4.02. The van der Waals surface area contributed by atoms with Crippen molar-refractivity contribution in [2.75, 3.05) is 6.79 Å². The maximum Gasteiger partial charge on any atom is 0.264 e. The Bertz CT molecular complexity index is 1140. The van der Waals surface area contributed by atoms with E-state index in [-0.39, 0.29) is 12.7 Å². The SMILES string of the molecule is Cc1cc(C)c2cc3c(nc2c1)O[C@H](C)C(=O)N(Cc1ccc2c(c1)OCO2)C3. The second kappa shape index (κ2) is 6.65. The minimum absolute atomic E-state index is 0.0578. The molecule has 2 aliphatic heterocycles. The molecule has 0 saturated heterocycles. The summed E-state index contributed by atoms with van der Waals surface area (Å²) >= 11 is 0. The summed E-state index contributed by atoms with van der Waals surface area (Å²) in [4.78, 5) is 19.5. The minimum Gasteiger partial charge on any atom is -0.464 e. The Labute approximate surface area is 169 Å². The van der Waals surface area contributed by atoms with Crippen LogP contribution in [0.2, 0.25) is 0 Å². The second-order valence-corrected chi connectivity index (χ2v) is 7.74. The van der Waals surface area contributed by atoms with Crippen LogP contribution in [0.3, 0.4) is 0 Å². The molecule has 0 N–H and O–H groups in total. The van der Waals surface area contributed by atoms with Crippen molar-refractivity contribution in [3.8, 4) is 17.4 Å². The summed E-state index contributed by atoms with van der Waals surface area (Å²) in [7, 11) is 0. The quantitative estimate of drug-likeness (QED) is 0.664. The Hall–Kier alpha value is -3.28. The van der Waals surface area contributed by atoms with Crippen LogP contribution in [-0.4, -0.2) is 28.7 Å². The Kier molecular flexibility index (Phi) is 4.08. The number of aromatic nitrogens is 1. The molecule has 5 rings (SSSR count). The van der Waals surface area contributed by atoms with Gasteiger partial charge in [-0.2, -0.15) is 0 Å². The van der Waals surface area contributed by atoms with Gasteiger partial charge in [0.05, 0.1) is 12.1 Å². The highest BCUT2D eigenvalue weighted by molar-refractivity contribution is 5.86. The van der Waals surface area contributed by atoms with Gasteiger partial charge < -0.3 is 19.1 Å². The number of carbonyl (C=O) groups excluding carboxylic acids is 1. The predicted octanol–water partition coefficient (Wildman–Crippen LogP) is 3.89. The largest absolute Gasteiger partial charge is 0.464 e. The zero-order valence-corrected chi connectivity index (χ0v) is 16.7. The van der Waals surface area contributed by atoms with E-state index in [4.69, 9.17) is 19.2 Å². The number of aryl methyl sites for hydroxylation is 2. The molecule has 0 aliphatic carbocycles. The summed E-state index contributed by atoms with van der Waals surface area (Å²) in [5, 5.41) is 1.09. The molecule has 1 amide bonds. The number of amides is 1. The van der Waals surface area contributed by atoms with Gasteiger partial charge in [-0.25, -0.2) is 4.98 Å². The van der Waals surface area contributed by atoms with Gasteiger partial charge in [0.1, 0.15) is 0 Å². The van der Waals surface area contributed by atoms with Gasteiger partial charge in [0.2, 0.25) is 12.7 Å². The molecule has 3 aromatic rings. The molecule has 0 spiro atoms. The molecule has 0 fully saturated rings. The lowest BCUT2D eigenvalue weighted by molar-refractivity contribution is -0.138. The van der Waals surface area contributed by atoms with Crippen LogP contribution in [0, 0.1) is 13.8 Å². The molecule has 0 radical (unpaired) electrons. The topological polar surface area (TPSA) is 60.9 Å². The molecule has 2 aliphatic rings. The minimum atomic E-state index is -0.596. The third-order valence-corrected chi connectivity index (χ3v) is 5.44. The molecule has 0 unspecified atom stereocenters. The van der Waals surface area contributed by atoms with Crippen molar-refractivity contribution < 1.29 is 19.0 Å². The van der Waals surface area contributed by atoms with E-state index < -0.39 is 6.10 Å². The van der Waals surface area contributed by atoms with Crippen molar-refractivity contribution in [1.82, 2.24) is 9.88 Å². The lowest BCUT2D eigenvalue weighted by Crippen LogP contribution is -2.37. The number of benzene rings is 2. The fraction of sp³-hybridized carbons (Fsp3) is 0.304. The monoisotopic (exact) mass is 390 g/mol. The average Bonchev–Trinajstić information content (AvgIpc) is 3.11. The van der Waals surface area contributed by atoms with Crippen molar-refractivity contribution in [3.05, 3.63) is 58.7 Å². The summed E-state index contributed by atoms with van der Waals surface area (Å²) in [6, 6.07) is 12.1. The highest BCUT2D eigenvalue weighted by atomic mass is 16.7. The van der Waals surface area contributed by atoms with Crippen LogP contribution in [0.5, 0.6) is 17.4 Å². The summed E-state index contributed by atoms with van der Waals surface area (Å²) in [5.74, 6) is 1.93. The predicted molar refractivity (Wildman–Crippen MR) is 108 cm³/mol. The third kappa shape index (κ3) is 3.14. The molecule has 148 valence electrons. The van der Waals surface area contributed by atoms with E-state index >= 15 is 0 Å². The molecular formula is C23H22N2O4. The van der Waals surface area contributed by atoms with Crippen molar-refractivity contribution in [3.63, 3.8) is 0 Å². The molecule has 1 aromatic heterocycles. The first kappa shape index (κ1) is 17.8. The van der Waals surface area contributed by atoms with Crippen LogP contribution in [0.1, 0.15) is 29.2 Å². The van der Waals surface area contributed by atoms with Crippen LogP contribution in [0.15, 0.2) is 36.4 Å². The number of carbonyl (C=O) groups is 1. The Morgan fingerprint density at radius 2 is 1.93 bits per heavy atom. The van der Waals surface area contributed by atoms with E-state index in [1.165, 1.54) is 5.56 Å². The lowest BCUT2D eigenvalue weighted by atomic mass is 10.0. The van der Waals surface area contributed by atoms with Crippen LogP contribution in [0.25, 0.3) is 10.9 Å². The van der Waals surface area contributed by atoms with E-state index in [1.54, 1.807) is 6.92 Å².